The number of thiophene rings is 1. The van der Waals surface area contributed by atoms with Crippen LogP contribution in [0.5, 0.6) is 0 Å². The molecular formula is C21H24N2O3S. The number of benzene rings is 1. The number of carbonyl (C=O) groups is 2. The molecule has 2 aromatic rings. The number of hydrogen-bond donors (Lipinski definition) is 1. The quantitative estimate of drug-likeness (QED) is 0.488. The molecular weight excluding hydrogens is 360 g/mol. The Hall–Kier alpha value is -2.44. The van der Waals surface area contributed by atoms with Crippen LogP contribution in [0.15, 0.2) is 41.3 Å². The highest BCUT2D eigenvalue weighted by Crippen LogP contribution is 2.41. The average molecular weight is 385 g/mol. The molecule has 1 aliphatic rings. The van der Waals surface area contributed by atoms with Gasteiger partial charge in [0, 0.05) is 23.5 Å². The van der Waals surface area contributed by atoms with Crippen molar-refractivity contribution < 1.29 is 14.7 Å². The number of ketones is 1. The summed E-state index contributed by atoms with van der Waals surface area (Å²) in [6, 6.07) is 8.96. The number of hydrogen-bond acceptors (Lipinski definition) is 5. The summed E-state index contributed by atoms with van der Waals surface area (Å²) in [4.78, 5) is 30.0. The van der Waals surface area contributed by atoms with Gasteiger partial charge >= 0.3 is 0 Å². The van der Waals surface area contributed by atoms with E-state index in [4.69, 9.17) is 0 Å². The van der Waals surface area contributed by atoms with Gasteiger partial charge in [0.2, 0.25) is 0 Å². The normalized spacial score (nSPS) is 19.3. The van der Waals surface area contributed by atoms with E-state index in [0.29, 0.717) is 18.7 Å². The van der Waals surface area contributed by atoms with E-state index in [2.05, 4.69) is 0 Å². The molecule has 2 heterocycles. The van der Waals surface area contributed by atoms with Gasteiger partial charge in [-0.25, -0.2) is 0 Å². The van der Waals surface area contributed by atoms with Crippen molar-refractivity contribution in [3.63, 3.8) is 0 Å². The summed E-state index contributed by atoms with van der Waals surface area (Å²) in [7, 11) is 3.85. The van der Waals surface area contributed by atoms with Gasteiger partial charge in [-0.05, 0) is 51.0 Å². The van der Waals surface area contributed by atoms with Gasteiger partial charge in [-0.3, -0.25) is 9.59 Å². The summed E-state index contributed by atoms with van der Waals surface area (Å²) >= 11 is 1.48. The molecule has 1 saturated heterocycles. The third kappa shape index (κ3) is 3.68. The number of nitrogens with zero attached hydrogens (tertiary/aromatic N) is 2. The molecule has 0 unspecified atom stereocenters. The van der Waals surface area contributed by atoms with E-state index in [0.717, 1.165) is 16.0 Å². The minimum Gasteiger partial charge on any atom is -0.507 e. The van der Waals surface area contributed by atoms with Crippen molar-refractivity contribution in [1.29, 1.82) is 0 Å². The molecule has 6 heteroatoms. The second-order valence-electron chi connectivity index (χ2n) is 7.13. The van der Waals surface area contributed by atoms with Crippen molar-refractivity contribution in [3.8, 4) is 0 Å². The highest BCUT2D eigenvalue weighted by molar-refractivity contribution is 7.10. The van der Waals surface area contributed by atoms with Crippen LogP contribution in [0.2, 0.25) is 0 Å². The second kappa shape index (κ2) is 7.66. The lowest BCUT2D eigenvalue weighted by molar-refractivity contribution is -0.140. The maximum atomic E-state index is 12.9. The number of carbonyl (C=O) groups excluding carboxylic acids is 2. The number of aliphatic hydroxyl groups is 1. The van der Waals surface area contributed by atoms with Crippen LogP contribution >= 0.6 is 11.3 Å². The number of amides is 1. The molecule has 3 rings (SSSR count). The van der Waals surface area contributed by atoms with E-state index < -0.39 is 17.7 Å². The molecule has 1 aliphatic heterocycles. The Morgan fingerprint density at radius 1 is 1.22 bits per heavy atom. The maximum absolute atomic E-state index is 12.9. The molecule has 1 N–H and O–H groups in total. The zero-order chi connectivity index (χ0) is 19.7. The van der Waals surface area contributed by atoms with Gasteiger partial charge in [0.1, 0.15) is 5.76 Å². The van der Waals surface area contributed by atoms with E-state index in [1.54, 1.807) is 4.90 Å². The van der Waals surface area contributed by atoms with Crippen LogP contribution < -0.4 is 0 Å². The fraction of sp³-hybridized carbons (Fsp3) is 0.333. The van der Waals surface area contributed by atoms with Crippen molar-refractivity contribution in [2.24, 2.45) is 0 Å². The maximum Gasteiger partial charge on any atom is 0.295 e. The molecule has 142 valence electrons. The van der Waals surface area contributed by atoms with Gasteiger partial charge in [0.25, 0.3) is 11.7 Å². The minimum atomic E-state index is -0.620. The lowest BCUT2D eigenvalue weighted by Crippen LogP contribution is -2.35. The predicted octanol–water partition coefficient (Wildman–Crippen LogP) is 3.35. The van der Waals surface area contributed by atoms with Crippen LogP contribution in [0.3, 0.4) is 0 Å². The van der Waals surface area contributed by atoms with Crippen LogP contribution in [-0.2, 0) is 9.59 Å². The van der Waals surface area contributed by atoms with Gasteiger partial charge in [0.15, 0.2) is 0 Å². The van der Waals surface area contributed by atoms with E-state index in [1.165, 1.54) is 11.3 Å². The monoisotopic (exact) mass is 384 g/mol. The summed E-state index contributed by atoms with van der Waals surface area (Å²) in [5.74, 6) is -1.27. The Balaban J connectivity index is 2.15. The summed E-state index contributed by atoms with van der Waals surface area (Å²) in [5.41, 5.74) is 2.62. The predicted molar refractivity (Wildman–Crippen MR) is 108 cm³/mol. The van der Waals surface area contributed by atoms with Crippen molar-refractivity contribution >= 4 is 28.8 Å². The third-order valence-corrected chi connectivity index (χ3v) is 5.71. The topological polar surface area (TPSA) is 60.9 Å². The summed E-state index contributed by atoms with van der Waals surface area (Å²) in [6.45, 7) is 4.88. The van der Waals surface area contributed by atoms with E-state index in [-0.39, 0.29) is 11.3 Å². The zero-order valence-corrected chi connectivity index (χ0v) is 16.8. The van der Waals surface area contributed by atoms with Crippen molar-refractivity contribution in [2.45, 2.75) is 19.9 Å². The Labute approximate surface area is 163 Å². The fourth-order valence-corrected chi connectivity index (χ4v) is 4.14. The molecule has 0 saturated carbocycles. The van der Waals surface area contributed by atoms with Gasteiger partial charge < -0.3 is 14.9 Å². The molecule has 27 heavy (non-hydrogen) atoms. The molecule has 1 atom stereocenters. The lowest BCUT2D eigenvalue weighted by Gasteiger charge is -2.25. The van der Waals surface area contributed by atoms with Crippen LogP contribution in [0, 0.1) is 13.8 Å². The van der Waals surface area contributed by atoms with E-state index in [9.17, 15) is 14.7 Å². The van der Waals surface area contributed by atoms with Crippen molar-refractivity contribution in [3.05, 3.63) is 62.9 Å². The largest absolute Gasteiger partial charge is 0.507 e. The number of likely N-dealkylation sites (N-methyl/N-ethyl adjacent to an activating group) is 1. The van der Waals surface area contributed by atoms with E-state index >= 15 is 0 Å². The fourth-order valence-electron chi connectivity index (χ4n) is 3.30. The summed E-state index contributed by atoms with van der Waals surface area (Å²) in [5, 5.41) is 13.0. The molecule has 0 aliphatic carbocycles. The number of aryl methyl sites for hydroxylation is 2. The van der Waals surface area contributed by atoms with Crippen LogP contribution in [0.4, 0.5) is 0 Å². The first kappa shape index (κ1) is 19.3. The van der Waals surface area contributed by atoms with Crippen molar-refractivity contribution in [1.82, 2.24) is 9.80 Å². The molecule has 0 spiro atoms. The number of Topliss-reactive ketones (excluding diaryl/α,β-unsaturated/α-hetero) is 1. The van der Waals surface area contributed by atoms with Gasteiger partial charge in [-0.1, -0.05) is 23.8 Å². The number of likely N-dealkylation sites (tertiary alicyclic amines) is 1. The number of aliphatic hydroxyl groups excluding tert-OH is 1. The highest BCUT2D eigenvalue weighted by Gasteiger charge is 2.46. The number of rotatable bonds is 5. The SMILES string of the molecule is Cc1ccc(C)c(C(O)=C2C(=O)C(=O)N(CCN(C)C)[C@@H]2c2cccs2)c1. The Kier molecular flexibility index (Phi) is 5.48. The molecule has 1 aromatic heterocycles. The third-order valence-electron chi connectivity index (χ3n) is 4.79. The van der Waals surface area contributed by atoms with Crippen LogP contribution in [0.1, 0.15) is 27.6 Å². The molecule has 0 radical (unpaired) electrons. The standard InChI is InChI=1S/C21H24N2O3S/c1-13-7-8-14(2)15(12-13)19(24)17-18(16-6-5-11-27-16)23(10-9-22(3)4)21(26)20(17)25/h5-8,11-12,18,24H,9-10H2,1-4H3/t18-/m1/s1. The highest BCUT2D eigenvalue weighted by atomic mass is 32.1. The van der Waals surface area contributed by atoms with Crippen LogP contribution in [0.25, 0.3) is 5.76 Å². The summed E-state index contributed by atoms with van der Waals surface area (Å²) in [6.07, 6.45) is 0. The zero-order valence-electron chi connectivity index (χ0n) is 16.0. The van der Waals surface area contributed by atoms with Gasteiger partial charge in [-0.15, -0.1) is 11.3 Å². The summed E-state index contributed by atoms with van der Waals surface area (Å²) < 4.78 is 0. The van der Waals surface area contributed by atoms with Gasteiger partial charge in [-0.2, -0.15) is 0 Å². The molecule has 1 amide bonds. The molecule has 5 nitrogen and oxygen atoms in total. The Morgan fingerprint density at radius 2 is 1.96 bits per heavy atom. The lowest BCUT2D eigenvalue weighted by atomic mass is 9.96. The average Bonchev–Trinajstić information content (AvgIpc) is 3.22. The Bertz CT molecular complexity index is 900. The Morgan fingerprint density at radius 3 is 2.59 bits per heavy atom. The second-order valence-corrected chi connectivity index (χ2v) is 8.11. The molecule has 0 bridgehead atoms. The van der Waals surface area contributed by atoms with E-state index in [1.807, 2.05) is 68.6 Å². The first-order valence-corrected chi connectivity index (χ1v) is 9.73. The van der Waals surface area contributed by atoms with Crippen LogP contribution in [-0.4, -0.2) is 53.8 Å². The minimum absolute atomic E-state index is 0.0969. The first-order valence-electron chi connectivity index (χ1n) is 8.85. The van der Waals surface area contributed by atoms with Gasteiger partial charge in [0.05, 0.1) is 11.6 Å². The van der Waals surface area contributed by atoms with Crippen molar-refractivity contribution in [2.75, 3.05) is 27.2 Å². The first-order chi connectivity index (χ1) is 12.8. The molecule has 1 fully saturated rings. The smallest absolute Gasteiger partial charge is 0.295 e. The molecule has 1 aromatic carbocycles.